The second kappa shape index (κ2) is 8.34. The van der Waals surface area contributed by atoms with E-state index in [1.807, 2.05) is 30.3 Å². The molecule has 1 fully saturated rings. The Balaban J connectivity index is 1.33. The third kappa shape index (κ3) is 3.67. The Morgan fingerprint density at radius 3 is 2.35 bits per heavy atom. The van der Waals surface area contributed by atoms with Crippen LogP contribution in [0.15, 0.2) is 54.6 Å². The van der Waals surface area contributed by atoms with Crippen molar-refractivity contribution >= 4 is 39.4 Å². The van der Waals surface area contributed by atoms with Gasteiger partial charge < -0.3 is 24.5 Å². The Hall–Kier alpha value is -3.55. The molecule has 0 bridgehead atoms. The highest BCUT2D eigenvalue weighted by atomic mass is 35.5. The van der Waals surface area contributed by atoms with Gasteiger partial charge in [0.1, 0.15) is 17.4 Å². The Morgan fingerprint density at radius 1 is 0.853 bits per heavy atom. The number of ether oxygens (including phenoxy) is 1. The van der Waals surface area contributed by atoms with Gasteiger partial charge in [-0.05, 0) is 55.6 Å². The summed E-state index contributed by atoms with van der Waals surface area (Å²) in [6.45, 7) is 4.25. The van der Waals surface area contributed by atoms with E-state index in [2.05, 4.69) is 51.1 Å². The number of benzene rings is 3. The Labute approximate surface area is 202 Å². The lowest BCUT2D eigenvalue weighted by Gasteiger charge is -2.34. The Kier molecular flexibility index (Phi) is 5.16. The number of fused-ring (bicyclic) bond motifs is 2. The van der Waals surface area contributed by atoms with Crippen LogP contribution in [0.5, 0.6) is 5.75 Å². The first-order valence-corrected chi connectivity index (χ1v) is 11.7. The number of rotatable bonds is 4. The minimum atomic E-state index is 0.540. The number of halogens is 1. The van der Waals surface area contributed by atoms with Crippen molar-refractivity contribution in [3.05, 3.63) is 59.6 Å². The SMILES string of the molecule is COc1cccc(-c2nc3ccc(-c4nc5ccc(N6CCN(C)CC6)cc5[nH]4)cc3[nH]2)c1Cl. The zero-order valence-electron chi connectivity index (χ0n) is 19.1. The molecule has 1 aliphatic rings. The second-order valence-electron chi connectivity index (χ2n) is 8.72. The van der Waals surface area contributed by atoms with E-state index in [0.29, 0.717) is 16.6 Å². The molecule has 0 spiro atoms. The summed E-state index contributed by atoms with van der Waals surface area (Å²) in [6, 6.07) is 18.3. The van der Waals surface area contributed by atoms with Gasteiger partial charge in [0.15, 0.2) is 0 Å². The van der Waals surface area contributed by atoms with Gasteiger partial charge in [0, 0.05) is 43.0 Å². The molecule has 0 atom stereocenters. The van der Waals surface area contributed by atoms with Gasteiger partial charge in [-0.25, -0.2) is 9.97 Å². The summed E-state index contributed by atoms with van der Waals surface area (Å²) in [5.41, 5.74) is 6.83. The van der Waals surface area contributed by atoms with E-state index >= 15 is 0 Å². The summed E-state index contributed by atoms with van der Waals surface area (Å²) >= 11 is 6.51. The molecular formula is C26H25ClN6O. The molecule has 0 saturated carbocycles. The van der Waals surface area contributed by atoms with Gasteiger partial charge in [0.05, 0.1) is 34.2 Å². The topological polar surface area (TPSA) is 73.1 Å². The number of piperazine rings is 1. The maximum atomic E-state index is 6.51. The molecule has 0 amide bonds. The normalized spacial score (nSPS) is 14.9. The lowest BCUT2D eigenvalue weighted by atomic mass is 10.2. The number of methoxy groups -OCH3 is 1. The van der Waals surface area contributed by atoms with Crippen molar-refractivity contribution < 1.29 is 4.74 Å². The monoisotopic (exact) mass is 472 g/mol. The van der Waals surface area contributed by atoms with E-state index in [9.17, 15) is 0 Å². The zero-order valence-corrected chi connectivity index (χ0v) is 19.9. The molecular weight excluding hydrogens is 448 g/mol. The fourth-order valence-corrected chi connectivity index (χ4v) is 4.82. The predicted octanol–water partition coefficient (Wildman–Crippen LogP) is 5.19. The molecule has 172 valence electrons. The molecule has 2 aromatic heterocycles. The summed E-state index contributed by atoms with van der Waals surface area (Å²) in [6.07, 6.45) is 0. The molecule has 0 radical (unpaired) electrons. The minimum absolute atomic E-state index is 0.540. The smallest absolute Gasteiger partial charge is 0.140 e. The molecule has 2 N–H and O–H groups in total. The van der Waals surface area contributed by atoms with Crippen LogP contribution in [0.2, 0.25) is 5.02 Å². The van der Waals surface area contributed by atoms with E-state index < -0.39 is 0 Å². The maximum absolute atomic E-state index is 6.51. The average molecular weight is 473 g/mol. The third-order valence-corrected chi connectivity index (χ3v) is 6.92. The van der Waals surface area contributed by atoms with Crippen LogP contribution in [-0.4, -0.2) is 65.2 Å². The number of anilines is 1. The number of hydrogen-bond donors (Lipinski definition) is 2. The molecule has 0 aliphatic carbocycles. The summed E-state index contributed by atoms with van der Waals surface area (Å²) in [4.78, 5) is 21.3. The van der Waals surface area contributed by atoms with Crippen molar-refractivity contribution in [1.82, 2.24) is 24.8 Å². The number of likely N-dealkylation sites (N-methyl/N-ethyl adjacent to an activating group) is 1. The lowest BCUT2D eigenvalue weighted by molar-refractivity contribution is 0.313. The molecule has 5 aromatic rings. The number of nitrogens with zero attached hydrogens (tertiary/aromatic N) is 4. The zero-order chi connectivity index (χ0) is 23.2. The van der Waals surface area contributed by atoms with Gasteiger partial charge in [-0.15, -0.1) is 0 Å². The van der Waals surface area contributed by atoms with Crippen LogP contribution in [0.1, 0.15) is 0 Å². The first kappa shape index (κ1) is 21.0. The number of imidazole rings is 2. The van der Waals surface area contributed by atoms with Crippen LogP contribution in [0.3, 0.4) is 0 Å². The van der Waals surface area contributed by atoms with Gasteiger partial charge in [-0.2, -0.15) is 0 Å². The fourth-order valence-electron chi connectivity index (χ4n) is 4.53. The number of aromatic amines is 2. The van der Waals surface area contributed by atoms with Gasteiger partial charge in [-0.3, -0.25) is 0 Å². The molecule has 6 rings (SSSR count). The van der Waals surface area contributed by atoms with Crippen molar-refractivity contribution in [2.24, 2.45) is 0 Å². The highest BCUT2D eigenvalue weighted by molar-refractivity contribution is 6.34. The molecule has 7 nitrogen and oxygen atoms in total. The fraction of sp³-hybridized carbons (Fsp3) is 0.231. The van der Waals surface area contributed by atoms with Crippen molar-refractivity contribution in [2.75, 3.05) is 45.2 Å². The summed E-state index contributed by atoms with van der Waals surface area (Å²) < 4.78 is 5.35. The highest BCUT2D eigenvalue weighted by Crippen LogP contribution is 2.35. The first-order chi connectivity index (χ1) is 16.6. The van der Waals surface area contributed by atoms with Crippen LogP contribution in [0, 0.1) is 0 Å². The Morgan fingerprint density at radius 2 is 1.56 bits per heavy atom. The van der Waals surface area contributed by atoms with E-state index in [1.54, 1.807) is 7.11 Å². The Bertz CT molecular complexity index is 1500. The molecule has 8 heteroatoms. The van der Waals surface area contributed by atoms with Crippen LogP contribution < -0.4 is 9.64 Å². The van der Waals surface area contributed by atoms with Gasteiger partial charge in [0.2, 0.25) is 0 Å². The predicted molar refractivity (Wildman–Crippen MR) is 138 cm³/mol. The van der Waals surface area contributed by atoms with Crippen LogP contribution in [-0.2, 0) is 0 Å². The third-order valence-electron chi connectivity index (χ3n) is 6.53. The average Bonchev–Trinajstić information content (AvgIpc) is 3.48. The van der Waals surface area contributed by atoms with Crippen LogP contribution >= 0.6 is 11.6 Å². The molecule has 34 heavy (non-hydrogen) atoms. The van der Waals surface area contributed by atoms with Crippen molar-refractivity contribution in [1.29, 1.82) is 0 Å². The van der Waals surface area contributed by atoms with Crippen LogP contribution in [0.25, 0.3) is 44.8 Å². The summed E-state index contributed by atoms with van der Waals surface area (Å²) in [7, 11) is 3.78. The van der Waals surface area contributed by atoms with Gasteiger partial charge >= 0.3 is 0 Å². The number of nitrogens with one attached hydrogen (secondary N) is 2. The largest absolute Gasteiger partial charge is 0.495 e. The molecule has 3 heterocycles. The van der Waals surface area contributed by atoms with Gasteiger partial charge in [0.25, 0.3) is 0 Å². The minimum Gasteiger partial charge on any atom is -0.495 e. The van der Waals surface area contributed by atoms with E-state index in [1.165, 1.54) is 5.69 Å². The first-order valence-electron chi connectivity index (χ1n) is 11.4. The molecule has 0 unspecified atom stereocenters. The van der Waals surface area contributed by atoms with Gasteiger partial charge in [-0.1, -0.05) is 17.7 Å². The standard InChI is InChI=1S/C26H25ClN6O/c1-32-10-12-33(13-11-32)17-7-9-20-22(15-17)30-25(28-20)16-6-8-19-21(14-16)31-26(29-19)18-4-3-5-23(34-2)24(18)27/h3-9,14-15H,10-13H2,1-2H3,(H,28,30)(H,29,31). The van der Waals surface area contributed by atoms with E-state index in [0.717, 1.165) is 65.2 Å². The molecule has 1 aliphatic heterocycles. The lowest BCUT2D eigenvalue weighted by Crippen LogP contribution is -2.44. The quantitative estimate of drug-likeness (QED) is 0.376. The summed E-state index contributed by atoms with van der Waals surface area (Å²) in [5.74, 6) is 2.17. The van der Waals surface area contributed by atoms with Crippen molar-refractivity contribution in [3.8, 4) is 28.5 Å². The molecule has 3 aromatic carbocycles. The van der Waals surface area contributed by atoms with Crippen molar-refractivity contribution in [3.63, 3.8) is 0 Å². The van der Waals surface area contributed by atoms with E-state index in [4.69, 9.17) is 26.3 Å². The number of H-pyrrole nitrogens is 2. The maximum Gasteiger partial charge on any atom is 0.140 e. The highest BCUT2D eigenvalue weighted by Gasteiger charge is 2.16. The summed E-state index contributed by atoms with van der Waals surface area (Å²) in [5, 5.41) is 0.540. The molecule has 1 saturated heterocycles. The van der Waals surface area contributed by atoms with E-state index in [-0.39, 0.29) is 0 Å². The van der Waals surface area contributed by atoms with Crippen LogP contribution in [0.4, 0.5) is 5.69 Å². The second-order valence-corrected chi connectivity index (χ2v) is 9.09. The van der Waals surface area contributed by atoms with Crippen molar-refractivity contribution in [2.45, 2.75) is 0 Å². The number of aromatic nitrogens is 4. The number of hydrogen-bond acceptors (Lipinski definition) is 5.